The summed E-state index contributed by atoms with van der Waals surface area (Å²) in [5.41, 5.74) is -1.69. The molecule has 316 valence electrons. The van der Waals surface area contributed by atoms with Gasteiger partial charge in [0.15, 0.2) is 24.9 Å². The Kier molecular flexibility index (Phi) is 14.1. The Morgan fingerprint density at radius 1 is 0.789 bits per heavy atom. The highest BCUT2D eigenvalue weighted by Gasteiger charge is 2.67. The monoisotopic (exact) mass is 964 g/mol. The van der Waals surface area contributed by atoms with E-state index in [1.54, 1.807) is 18.3 Å². The van der Waals surface area contributed by atoms with Gasteiger partial charge in [0.05, 0.1) is 30.0 Å². The lowest BCUT2D eigenvalue weighted by Crippen LogP contribution is -2.70. The van der Waals surface area contributed by atoms with Gasteiger partial charge in [0.1, 0.15) is 11.9 Å². The first-order chi connectivity index (χ1) is 25.9. The number of benzene rings is 2. The molecular formula is C42H59F6IN2O3Si3. The van der Waals surface area contributed by atoms with Crippen molar-refractivity contribution >= 4 is 57.8 Å². The van der Waals surface area contributed by atoms with Gasteiger partial charge < -0.3 is 13.3 Å². The summed E-state index contributed by atoms with van der Waals surface area (Å²) in [6.07, 6.45) is -7.00. The van der Waals surface area contributed by atoms with E-state index in [0.717, 1.165) is 24.3 Å². The zero-order valence-electron chi connectivity index (χ0n) is 35.5. The van der Waals surface area contributed by atoms with Gasteiger partial charge in [0, 0.05) is 16.9 Å². The molecule has 4 rings (SSSR count). The van der Waals surface area contributed by atoms with Crippen molar-refractivity contribution in [3.05, 3.63) is 77.5 Å². The van der Waals surface area contributed by atoms with Crippen LogP contribution >= 0.6 is 22.6 Å². The molecule has 0 bridgehead atoms. The minimum absolute atomic E-state index is 0.0451. The fourth-order valence-electron chi connectivity index (χ4n) is 6.87. The maximum absolute atomic E-state index is 14.2. The van der Waals surface area contributed by atoms with Crippen molar-refractivity contribution in [2.45, 2.75) is 147 Å². The summed E-state index contributed by atoms with van der Waals surface area (Å²) in [6, 6.07) is 9.52. The minimum atomic E-state index is -4.64. The second kappa shape index (κ2) is 16.8. The van der Waals surface area contributed by atoms with Crippen molar-refractivity contribution in [1.29, 1.82) is 0 Å². The van der Waals surface area contributed by atoms with E-state index >= 15 is 0 Å². The largest absolute Gasteiger partial charge is 0.444 e. The summed E-state index contributed by atoms with van der Waals surface area (Å²) in [4.78, 5) is 4.71. The summed E-state index contributed by atoms with van der Waals surface area (Å²) < 4.78 is 108. The molecule has 1 saturated heterocycles. The van der Waals surface area contributed by atoms with Gasteiger partial charge in [-0.15, -0.1) is 0 Å². The lowest BCUT2D eigenvalue weighted by Gasteiger charge is -2.46. The van der Waals surface area contributed by atoms with E-state index in [-0.39, 0.29) is 22.2 Å². The minimum Gasteiger partial charge on any atom is -0.444 e. The summed E-state index contributed by atoms with van der Waals surface area (Å²) in [6.45, 7) is 27.9. The molecule has 5 nitrogen and oxygen atoms in total. The van der Waals surface area contributed by atoms with Crippen LogP contribution in [0.5, 0.6) is 0 Å². The molecule has 0 radical (unpaired) electrons. The Bertz CT molecular complexity index is 1860. The molecule has 0 N–H and O–H groups in total. The maximum atomic E-state index is 14.2. The SMILES string of the molecule is CC(C)(C)[Si](C)(C)OCC#CC(CCc1cnc([C@@H]2[C@H](CI)N2[Si](c2cccc(C(F)(F)F)c2)(c2cccc(C(F)(F)F)c2)C(C)(C)C)o1)O[Si](C)(C)C(C)(C)C. The van der Waals surface area contributed by atoms with Crippen molar-refractivity contribution in [2.24, 2.45) is 0 Å². The van der Waals surface area contributed by atoms with Crippen molar-refractivity contribution in [2.75, 3.05) is 11.0 Å². The molecule has 15 heteroatoms. The van der Waals surface area contributed by atoms with E-state index in [9.17, 15) is 26.3 Å². The van der Waals surface area contributed by atoms with Gasteiger partial charge in [-0.05, 0) is 70.2 Å². The van der Waals surface area contributed by atoms with Gasteiger partial charge in [-0.2, -0.15) is 26.3 Å². The fraction of sp³-hybridized carbons (Fsp3) is 0.595. The second-order valence-corrected chi connectivity index (χ2v) is 34.2. The first-order valence-corrected chi connectivity index (χ1v) is 28.6. The molecule has 2 aromatic carbocycles. The van der Waals surface area contributed by atoms with Gasteiger partial charge in [-0.1, -0.05) is 133 Å². The molecule has 0 aliphatic carbocycles. The molecular weight excluding hydrogens is 906 g/mol. The third-order valence-corrected chi connectivity index (χ3v) is 27.8. The van der Waals surface area contributed by atoms with E-state index in [1.165, 1.54) is 12.1 Å². The van der Waals surface area contributed by atoms with Crippen molar-refractivity contribution in [3.8, 4) is 11.8 Å². The highest BCUT2D eigenvalue weighted by Crippen LogP contribution is 2.54. The Morgan fingerprint density at radius 3 is 1.74 bits per heavy atom. The first kappa shape index (κ1) is 47.7. The number of nitrogens with zero attached hydrogens (tertiary/aromatic N) is 2. The van der Waals surface area contributed by atoms with Crippen LogP contribution in [0.15, 0.2) is 59.1 Å². The number of oxazole rings is 1. The zero-order valence-corrected chi connectivity index (χ0v) is 40.7. The lowest BCUT2D eigenvalue weighted by atomic mass is 10.2. The van der Waals surface area contributed by atoms with Crippen LogP contribution in [0.1, 0.15) is 97.6 Å². The average molecular weight is 965 g/mol. The molecule has 0 spiro atoms. The van der Waals surface area contributed by atoms with Gasteiger partial charge in [-0.3, -0.25) is 4.57 Å². The standard InChI is InChI=1S/C42H59F6IN2O3Si3/c1-38(2,3)55(10,11)52-24-16-19-31(54-56(12,13)39(4,5)6)22-23-32-28-50-37(53-32)36-35(27-49)51(36)57(40(7,8)9,33-20-14-17-29(25-33)41(43,44)45)34-21-15-18-30(26-34)42(46,47)48/h14-15,17-18,20-21,25-26,28,31,35-36H,22-24,27H2,1-13H3/t31?,35-,36-,51?/m0/s1. The quantitative estimate of drug-likeness (QED) is 0.0452. The molecule has 3 aromatic rings. The van der Waals surface area contributed by atoms with Crippen LogP contribution in [0.2, 0.25) is 41.3 Å². The second-order valence-electron chi connectivity index (χ2n) is 19.1. The van der Waals surface area contributed by atoms with Crippen LogP contribution in [0.3, 0.4) is 0 Å². The first-order valence-electron chi connectivity index (χ1n) is 19.3. The van der Waals surface area contributed by atoms with Crippen LogP contribution in [0.25, 0.3) is 0 Å². The highest BCUT2D eigenvalue weighted by atomic mass is 127. The smallest absolute Gasteiger partial charge is 0.416 e. The summed E-state index contributed by atoms with van der Waals surface area (Å²) in [5, 5.41) is -0.0312. The van der Waals surface area contributed by atoms with Gasteiger partial charge >= 0.3 is 12.4 Å². The van der Waals surface area contributed by atoms with Gasteiger partial charge in [0.25, 0.3) is 0 Å². The fourth-order valence-corrected chi connectivity index (χ4v) is 16.5. The Hall–Kier alpha value is -1.95. The number of hydrogen-bond donors (Lipinski definition) is 0. The number of alkyl halides is 7. The molecule has 0 amide bonds. The van der Waals surface area contributed by atoms with Crippen molar-refractivity contribution < 1.29 is 39.6 Å². The average Bonchev–Trinajstić information content (AvgIpc) is 3.59. The maximum Gasteiger partial charge on any atom is 0.416 e. The van der Waals surface area contributed by atoms with Crippen LogP contribution in [0.4, 0.5) is 26.3 Å². The molecule has 1 aliphatic rings. The van der Waals surface area contributed by atoms with Crippen molar-refractivity contribution in [3.63, 3.8) is 0 Å². The lowest BCUT2D eigenvalue weighted by molar-refractivity contribution is -0.138. The van der Waals surface area contributed by atoms with Crippen LogP contribution in [-0.2, 0) is 27.6 Å². The number of aromatic nitrogens is 1. The molecule has 2 unspecified atom stereocenters. The Labute approximate surface area is 352 Å². The number of hydrogen-bond acceptors (Lipinski definition) is 5. The Morgan fingerprint density at radius 2 is 1.30 bits per heavy atom. The van der Waals surface area contributed by atoms with E-state index < -0.39 is 59.4 Å². The number of aryl methyl sites for hydroxylation is 1. The van der Waals surface area contributed by atoms with Gasteiger partial charge in [-0.25, -0.2) is 4.98 Å². The number of halogens is 7. The topological polar surface area (TPSA) is 47.5 Å². The van der Waals surface area contributed by atoms with Crippen LogP contribution < -0.4 is 10.4 Å². The number of rotatable bonds is 12. The predicted molar refractivity (Wildman–Crippen MR) is 233 cm³/mol. The summed E-state index contributed by atoms with van der Waals surface area (Å²) in [7, 11) is -7.91. The molecule has 1 aliphatic heterocycles. The highest BCUT2D eigenvalue weighted by molar-refractivity contribution is 14.1. The summed E-state index contributed by atoms with van der Waals surface area (Å²) in [5.74, 6) is 7.58. The molecule has 57 heavy (non-hydrogen) atoms. The third kappa shape index (κ3) is 10.5. The van der Waals surface area contributed by atoms with Crippen LogP contribution in [0, 0.1) is 11.8 Å². The Balaban J connectivity index is 1.74. The van der Waals surface area contributed by atoms with E-state index in [1.807, 2.05) is 20.8 Å². The molecule has 2 heterocycles. The molecule has 1 aromatic heterocycles. The molecule has 4 atom stereocenters. The van der Waals surface area contributed by atoms with E-state index in [0.29, 0.717) is 45.9 Å². The van der Waals surface area contributed by atoms with Gasteiger partial charge in [0.2, 0.25) is 5.89 Å². The molecule has 0 saturated carbocycles. The zero-order chi connectivity index (χ0) is 43.2. The van der Waals surface area contributed by atoms with Crippen LogP contribution in [-0.4, -0.2) is 57.6 Å². The van der Waals surface area contributed by atoms with Crippen molar-refractivity contribution in [1.82, 2.24) is 9.55 Å². The normalized spacial score (nSPS) is 19.3. The molecule has 1 fully saturated rings. The van der Waals surface area contributed by atoms with E-state index in [4.69, 9.17) is 18.3 Å². The predicted octanol–water partition coefficient (Wildman–Crippen LogP) is 11.8. The van der Waals surface area contributed by atoms with E-state index in [2.05, 4.69) is 107 Å². The third-order valence-electron chi connectivity index (χ3n) is 12.1. The summed E-state index contributed by atoms with van der Waals surface area (Å²) >= 11 is 2.23.